The molecule has 19 heavy (non-hydrogen) atoms. The smallest absolute Gasteiger partial charge is 0.225 e. The molecule has 0 radical (unpaired) electrons. The molecule has 1 heterocycles. The number of hydrogen-bond donors (Lipinski definition) is 0. The van der Waals surface area contributed by atoms with Crippen LogP contribution < -0.4 is 4.90 Å². The van der Waals surface area contributed by atoms with Crippen LogP contribution in [0.3, 0.4) is 0 Å². The van der Waals surface area contributed by atoms with Crippen molar-refractivity contribution in [1.29, 1.82) is 0 Å². The second-order valence-corrected chi connectivity index (χ2v) is 4.68. The second kappa shape index (κ2) is 6.53. The average molecular weight is 276 g/mol. The summed E-state index contributed by atoms with van der Waals surface area (Å²) in [6, 6.07) is 10.3. The summed E-state index contributed by atoms with van der Waals surface area (Å²) in [5.41, 5.74) is 3.19. The van der Waals surface area contributed by atoms with Crippen molar-refractivity contribution in [2.24, 2.45) is 0 Å². The Morgan fingerprint density at radius 2 is 1.95 bits per heavy atom. The number of anilines is 1. The third-order valence-electron chi connectivity index (χ3n) is 3.09. The number of rotatable bonds is 5. The maximum absolute atomic E-state index is 5.83. The van der Waals surface area contributed by atoms with Crippen molar-refractivity contribution in [3.05, 3.63) is 53.3 Å². The van der Waals surface area contributed by atoms with Gasteiger partial charge in [0.2, 0.25) is 5.95 Å². The molecule has 3 nitrogen and oxygen atoms in total. The average Bonchev–Trinajstić information content (AvgIpc) is 2.46. The molecule has 2 aromatic rings. The van der Waals surface area contributed by atoms with Gasteiger partial charge in [0.1, 0.15) is 0 Å². The largest absolute Gasteiger partial charge is 0.337 e. The molecule has 0 unspecified atom stereocenters. The molecule has 0 fully saturated rings. The van der Waals surface area contributed by atoms with Gasteiger partial charge >= 0.3 is 0 Å². The highest BCUT2D eigenvalue weighted by molar-refractivity contribution is 6.17. The summed E-state index contributed by atoms with van der Waals surface area (Å²) in [5, 5.41) is 0. The molecule has 100 valence electrons. The van der Waals surface area contributed by atoms with E-state index in [0.29, 0.717) is 5.88 Å². The molecule has 0 N–H and O–H groups in total. The van der Waals surface area contributed by atoms with Crippen LogP contribution in [0.1, 0.15) is 23.7 Å². The van der Waals surface area contributed by atoms with Crippen molar-refractivity contribution in [2.75, 3.05) is 11.4 Å². The third-order valence-corrected chi connectivity index (χ3v) is 3.38. The summed E-state index contributed by atoms with van der Waals surface area (Å²) in [7, 11) is 0. The van der Waals surface area contributed by atoms with Crippen LogP contribution in [0.25, 0.3) is 0 Å². The van der Waals surface area contributed by atoms with E-state index < -0.39 is 0 Å². The highest BCUT2D eigenvalue weighted by Crippen LogP contribution is 2.15. The standard InChI is InChI=1S/C15H18ClN3/c1-3-19(11-13-7-5-4-6-8-13)15-17-10-14(9-16)12(2)18-15/h4-8,10H,3,9,11H2,1-2H3. The molecule has 0 amide bonds. The van der Waals surface area contributed by atoms with Gasteiger partial charge in [-0.25, -0.2) is 9.97 Å². The number of nitrogens with zero attached hydrogens (tertiary/aromatic N) is 3. The van der Waals surface area contributed by atoms with Crippen LogP contribution in [0.4, 0.5) is 5.95 Å². The van der Waals surface area contributed by atoms with E-state index in [2.05, 4.69) is 33.9 Å². The zero-order chi connectivity index (χ0) is 13.7. The van der Waals surface area contributed by atoms with Gasteiger partial charge in [0.15, 0.2) is 0 Å². The first-order valence-electron chi connectivity index (χ1n) is 6.42. The zero-order valence-corrected chi connectivity index (χ0v) is 12.1. The van der Waals surface area contributed by atoms with E-state index in [1.54, 1.807) is 0 Å². The maximum atomic E-state index is 5.83. The van der Waals surface area contributed by atoms with E-state index in [9.17, 15) is 0 Å². The van der Waals surface area contributed by atoms with Gasteiger partial charge in [0, 0.05) is 30.5 Å². The van der Waals surface area contributed by atoms with Crippen LogP contribution in [-0.2, 0) is 12.4 Å². The lowest BCUT2D eigenvalue weighted by molar-refractivity contribution is 0.785. The first kappa shape index (κ1) is 13.8. The fourth-order valence-corrected chi connectivity index (χ4v) is 2.15. The Labute approximate surface area is 119 Å². The number of alkyl halides is 1. The highest BCUT2D eigenvalue weighted by atomic mass is 35.5. The Kier molecular flexibility index (Phi) is 4.74. The predicted molar refractivity (Wildman–Crippen MR) is 79.5 cm³/mol. The lowest BCUT2D eigenvalue weighted by Gasteiger charge is -2.21. The Morgan fingerprint density at radius 3 is 2.53 bits per heavy atom. The zero-order valence-electron chi connectivity index (χ0n) is 11.3. The summed E-state index contributed by atoms with van der Waals surface area (Å²) in [5.74, 6) is 1.22. The summed E-state index contributed by atoms with van der Waals surface area (Å²) >= 11 is 5.83. The summed E-state index contributed by atoms with van der Waals surface area (Å²) in [4.78, 5) is 11.1. The fourth-order valence-electron chi connectivity index (χ4n) is 1.89. The van der Waals surface area contributed by atoms with E-state index >= 15 is 0 Å². The van der Waals surface area contributed by atoms with Gasteiger partial charge in [-0.1, -0.05) is 30.3 Å². The lowest BCUT2D eigenvalue weighted by Crippen LogP contribution is -2.24. The Bertz CT molecular complexity index is 528. The molecular formula is C15H18ClN3. The molecule has 0 atom stereocenters. The van der Waals surface area contributed by atoms with Gasteiger partial charge in [-0.15, -0.1) is 11.6 Å². The van der Waals surface area contributed by atoms with Crippen LogP contribution in [0.5, 0.6) is 0 Å². The number of benzene rings is 1. The predicted octanol–water partition coefficient (Wildman–Crippen LogP) is 3.55. The van der Waals surface area contributed by atoms with Crippen LogP contribution in [0.2, 0.25) is 0 Å². The van der Waals surface area contributed by atoms with Crippen molar-refractivity contribution in [3.63, 3.8) is 0 Å². The minimum Gasteiger partial charge on any atom is -0.337 e. The van der Waals surface area contributed by atoms with Crippen molar-refractivity contribution < 1.29 is 0 Å². The molecule has 0 saturated heterocycles. The van der Waals surface area contributed by atoms with Gasteiger partial charge in [-0.2, -0.15) is 0 Å². The van der Waals surface area contributed by atoms with E-state index in [1.165, 1.54) is 5.56 Å². The number of halogens is 1. The number of aromatic nitrogens is 2. The third kappa shape index (κ3) is 3.44. The summed E-state index contributed by atoms with van der Waals surface area (Å²) in [6.45, 7) is 5.77. The van der Waals surface area contributed by atoms with Crippen LogP contribution in [0.15, 0.2) is 36.5 Å². The van der Waals surface area contributed by atoms with E-state index in [-0.39, 0.29) is 0 Å². The molecule has 0 spiro atoms. The van der Waals surface area contributed by atoms with Crippen LogP contribution in [0, 0.1) is 6.92 Å². The van der Waals surface area contributed by atoms with Gasteiger partial charge in [0.05, 0.1) is 5.88 Å². The van der Waals surface area contributed by atoms with E-state index in [0.717, 1.165) is 30.3 Å². The Morgan fingerprint density at radius 1 is 1.21 bits per heavy atom. The number of aryl methyl sites for hydroxylation is 1. The van der Waals surface area contributed by atoms with Gasteiger partial charge in [0.25, 0.3) is 0 Å². The van der Waals surface area contributed by atoms with Crippen LogP contribution >= 0.6 is 11.6 Å². The first-order valence-corrected chi connectivity index (χ1v) is 6.95. The first-order chi connectivity index (χ1) is 9.24. The van der Waals surface area contributed by atoms with Gasteiger partial charge in [-0.3, -0.25) is 0 Å². The number of hydrogen-bond acceptors (Lipinski definition) is 3. The van der Waals surface area contributed by atoms with Crippen molar-refractivity contribution in [3.8, 4) is 0 Å². The molecule has 4 heteroatoms. The summed E-state index contributed by atoms with van der Waals surface area (Å²) in [6.07, 6.45) is 1.82. The molecule has 0 saturated carbocycles. The molecule has 2 rings (SSSR count). The minimum atomic E-state index is 0.455. The molecule has 0 aliphatic rings. The molecular weight excluding hydrogens is 258 g/mol. The highest BCUT2D eigenvalue weighted by Gasteiger charge is 2.10. The fraction of sp³-hybridized carbons (Fsp3) is 0.333. The normalized spacial score (nSPS) is 10.5. The molecule has 1 aromatic carbocycles. The van der Waals surface area contributed by atoms with E-state index in [4.69, 9.17) is 11.6 Å². The van der Waals surface area contributed by atoms with Crippen molar-refractivity contribution in [2.45, 2.75) is 26.3 Å². The monoisotopic (exact) mass is 275 g/mol. The van der Waals surface area contributed by atoms with Crippen molar-refractivity contribution >= 4 is 17.5 Å². The second-order valence-electron chi connectivity index (χ2n) is 4.41. The summed E-state index contributed by atoms with van der Waals surface area (Å²) < 4.78 is 0. The maximum Gasteiger partial charge on any atom is 0.225 e. The molecule has 0 aliphatic carbocycles. The molecule has 0 aliphatic heterocycles. The lowest BCUT2D eigenvalue weighted by atomic mass is 10.2. The van der Waals surface area contributed by atoms with E-state index in [1.807, 2.05) is 31.3 Å². The molecule has 1 aromatic heterocycles. The minimum absolute atomic E-state index is 0.455. The quantitative estimate of drug-likeness (QED) is 0.782. The van der Waals surface area contributed by atoms with Crippen LogP contribution in [-0.4, -0.2) is 16.5 Å². The topological polar surface area (TPSA) is 29.0 Å². The Hall–Kier alpha value is -1.61. The SMILES string of the molecule is CCN(Cc1ccccc1)c1ncc(CCl)c(C)n1. The molecule has 0 bridgehead atoms. The van der Waals surface area contributed by atoms with Crippen molar-refractivity contribution in [1.82, 2.24) is 9.97 Å². The van der Waals surface area contributed by atoms with Gasteiger partial charge in [-0.05, 0) is 19.4 Å². The van der Waals surface area contributed by atoms with Gasteiger partial charge < -0.3 is 4.90 Å². The Balaban J connectivity index is 2.20.